The zero-order valence-corrected chi connectivity index (χ0v) is 11.2. The van der Waals surface area contributed by atoms with Gasteiger partial charge in [-0.15, -0.1) is 0 Å². The van der Waals surface area contributed by atoms with Crippen LogP contribution in [0.4, 0.5) is 10.1 Å². The summed E-state index contributed by atoms with van der Waals surface area (Å²) in [5.41, 5.74) is 1.79. The van der Waals surface area contributed by atoms with Gasteiger partial charge >= 0.3 is 0 Å². The van der Waals surface area contributed by atoms with Crippen LogP contribution >= 0.6 is 27.5 Å². The van der Waals surface area contributed by atoms with Gasteiger partial charge in [-0.2, -0.15) is 0 Å². The van der Waals surface area contributed by atoms with Crippen LogP contribution in [0.2, 0.25) is 5.02 Å². The Morgan fingerprint density at radius 2 is 2.00 bits per heavy atom. The lowest BCUT2D eigenvalue weighted by Crippen LogP contribution is -1.99. The SMILES string of the molecule is Fc1cc(Br)cc(CNc2cccc(Cl)c2)c1. The normalized spacial score (nSPS) is 10.3. The van der Waals surface area contributed by atoms with Gasteiger partial charge in [-0.3, -0.25) is 0 Å². The van der Waals surface area contributed by atoms with E-state index in [-0.39, 0.29) is 5.82 Å². The number of anilines is 1. The van der Waals surface area contributed by atoms with Crippen LogP contribution in [0.5, 0.6) is 0 Å². The van der Waals surface area contributed by atoms with Crippen LogP contribution in [0.3, 0.4) is 0 Å². The molecule has 1 nitrogen and oxygen atoms in total. The van der Waals surface area contributed by atoms with E-state index < -0.39 is 0 Å². The molecule has 17 heavy (non-hydrogen) atoms. The van der Waals surface area contributed by atoms with Gasteiger partial charge in [0.25, 0.3) is 0 Å². The molecule has 2 aromatic rings. The maximum Gasteiger partial charge on any atom is 0.124 e. The number of nitrogens with one attached hydrogen (secondary N) is 1. The van der Waals surface area contributed by atoms with Crippen molar-refractivity contribution in [2.24, 2.45) is 0 Å². The Balaban J connectivity index is 2.07. The smallest absolute Gasteiger partial charge is 0.124 e. The van der Waals surface area contributed by atoms with Crippen molar-refractivity contribution in [2.45, 2.75) is 6.54 Å². The third-order valence-corrected chi connectivity index (χ3v) is 2.94. The first kappa shape index (κ1) is 12.4. The summed E-state index contributed by atoms with van der Waals surface area (Å²) in [4.78, 5) is 0. The first-order valence-corrected chi connectivity index (χ1v) is 6.25. The monoisotopic (exact) mass is 313 g/mol. The summed E-state index contributed by atoms with van der Waals surface area (Å²) in [6, 6.07) is 12.2. The standard InChI is InChI=1S/C13H10BrClFN/c14-10-4-9(5-12(16)6-10)8-17-13-3-1-2-11(15)7-13/h1-7,17H,8H2. The van der Waals surface area contributed by atoms with Gasteiger partial charge in [0, 0.05) is 21.7 Å². The second kappa shape index (κ2) is 5.52. The summed E-state index contributed by atoms with van der Waals surface area (Å²) in [5.74, 6) is -0.248. The van der Waals surface area contributed by atoms with Crippen LogP contribution in [0, 0.1) is 5.82 Å². The van der Waals surface area contributed by atoms with Crippen molar-refractivity contribution < 1.29 is 4.39 Å². The molecule has 88 valence electrons. The third-order valence-electron chi connectivity index (χ3n) is 2.24. The lowest BCUT2D eigenvalue weighted by atomic mass is 10.2. The molecule has 2 aromatic carbocycles. The molecule has 0 atom stereocenters. The van der Waals surface area contributed by atoms with Crippen molar-refractivity contribution in [1.29, 1.82) is 0 Å². The molecule has 0 aliphatic heterocycles. The Hall–Kier alpha value is -1.06. The molecule has 0 heterocycles. The minimum Gasteiger partial charge on any atom is -0.381 e. The number of rotatable bonds is 3. The van der Waals surface area contributed by atoms with Crippen molar-refractivity contribution in [1.82, 2.24) is 0 Å². The van der Waals surface area contributed by atoms with Gasteiger partial charge in [-0.25, -0.2) is 4.39 Å². The average molecular weight is 315 g/mol. The number of halogens is 3. The van der Waals surface area contributed by atoms with Gasteiger partial charge in [-0.1, -0.05) is 33.6 Å². The highest BCUT2D eigenvalue weighted by atomic mass is 79.9. The zero-order chi connectivity index (χ0) is 12.3. The van der Waals surface area contributed by atoms with Gasteiger partial charge in [-0.05, 0) is 42.0 Å². The highest BCUT2D eigenvalue weighted by Gasteiger charge is 1.99. The first-order valence-electron chi connectivity index (χ1n) is 5.08. The van der Waals surface area contributed by atoms with Gasteiger partial charge in [0.1, 0.15) is 5.82 Å². The molecule has 0 fully saturated rings. The van der Waals surface area contributed by atoms with Crippen LogP contribution in [-0.4, -0.2) is 0 Å². The molecular weight excluding hydrogens is 305 g/mol. The summed E-state index contributed by atoms with van der Waals surface area (Å²) in [6.45, 7) is 0.552. The molecule has 0 spiro atoms. The maximum atomic E-state index is 13.1. The van der Waals surface area contributed by atoms with Gasteiger partial charge in [0.15, 0.2) is 0 Å². The van der Waals surface area contributed by atoms with Crippen molar-refractivity contribution in [3.8, 4) is 0 Å². The topological polar surface area (TPSA) is 12.0 Å². The van der Waals surface area contributed by atoms with Crippen LogP contribution in [-0.2, 0) is 6.54 Å². The van der Waals surface area contributed by atoms with Gasteiger partial charge in [0.2, 0.25) is 0 Å². The molecule has 0 radical (unpaired) electrons. The molecule has 4 heteroatoms. The predicted octanol–water partition coefficient (Wildman–Crippen LogP) is 4.85. The van der Waals surface area contributed by atoms with Crippen LogP contribution in [0.1, 0.15) is 5.56 Å². The molecule has 0 bridgehead atoms. The van der Waals surface area contributed by atoms with E-state index in [4.69, 9.17) is 11.6 Å². The van der Waals surface area contributed by atoms with Crippen molar-refractivity contribution in [2.75, 3.05) is 5.32 Å². The second-order valence-electron chi connectivity index (χ2n) is 3.64. The van der Waals surface area contributed by atoms with E-state index >= 15 is 0 Å². The van der Waals surface area contributed by atoms with Crippen LogP contribution in [0.15, 0.2) is 46.9 Å². The summed E-state index contributed by atoms with van der Waals surface area (Å²) in [5, 5.41) is 3.86. The molecule has 0 saturated carbocycles. The average Bonchev–Trinajstić information content (AvgIpc) is 2.25. The zero-order valence-electron chi connectivity index (χ0n) is 8.88. The predicted molar refractivity (Wildman–Crippen MR) is 72.9 cm³/mol. The van der Waals surface area contributed by atoms with Crippen molar-refractivity contribution in [3.05, 3.63) is 63.3 Å². The van der Waals surface area contributed by atoms with Crippen molar-refractivity contribution >= 4 is 33.2 Å². The number of hydrogen-bond acceptors (Lipinski definition) is 1. The molecular formula is C13H10BrClFN. The molecule has 2 rings (SSSR count). The Labute approximate surface area is 113 Å². The van der Waals surface area contributed by atoms with E-state index in [1.807, 2.05) is 30.3 Å². The second-order valence-corrected chi connectivity index (χ2v) is 4.99. The van der Waals surface area contributed by atoms with E-state index in [0.29, 0.717) is 11.6 Å². The molecule has 0 aliphatic carbocycles. The fraction of sp³-hybridized carbons (Fsp3) is 0.0769. The third kappa shape index (κ3) is 3.72. The Morgan fingerprint density at radius 3 is 2.71 bits per heavy atom. The molecule has 0 aromatic heterocycles. The quantitative estimate of drug-likeness (QED) is 0.853. The Bertz CT molecular complexity index is 510. The highest BCUT2D eigenvalue weighted by Crippen LogP contribution is 2.18. The highest BCUT2D eigenvalue weighted by molar-refractivity contribution is 9.10. The van der Waals surface area contributed by atoms with E-state index in [0.717, 1.165) is 15.7 Å². The van der Waals surface area contributed by atoms with E-state index in [1.54, 1.807) is 0 Å². The van der Waals surface area contributed by atoms with Gasteiger partial charge < -0.3 is 5.32 Å². The first-order chi connectivity index (χ1) is 8.13. The van der Waals surface area contributed by atoms with Crippen LogP contribution < -0.4 is 5.32 Å². The number of benzene rings is 2. The molecule has 1 N–H and O–H groups in total. The molecule has 0 amide bonds. The maximum absolute atomic E-state index is 13.1. The number of hydrogen-bond donors (Lipinski definition) is 1. The lowest BCUT2D eigenvalue weighted by molar-refractivity contribution is 0.625. The summed E-state index contributed by atoms with van der Waals surface area (Å²) in [7, 11) is 0. The fourth-order valence-electron chi connectivity index (χ4n) is 1.52. The van der Waals surface area contributed by atoms with Crippen molar-refractivity contribution in [3.63, 3.8) is 0 Å². The summed E-state index contributed by atoms with van der Waals surface area (Å²) >= 11 is 9.13. The van der Waals surface area contributed by atoms with E-state index in [9.17, 15) is 4.39 Å². The largest absolute Gasteiger partial charge is 0.381 e. The van der Waals surface area contributed by atoms with E-state index in [1.165, 1.54) is 12.1 Å². The Kier molecular flexibility index (Phi) is 4.02. The molecule has 0 aliphatic rings. The summed E-state index contributed by atoms with van der Waals surface area (Å²) < 4.78 is 13.9. The van der Waals surface area contributed by atoms with Crippen LogP contribution in [0.25, 0.3) is 0 Å². The Morgan fingerprint density at radius 1 is 1.18 bits per heavy atom. The molecule has 0 saturated heterocycles. The van der Waals surface area contributed by atoms with E-state index in [2.05, 4.69) is 21.2 Å². The minimum atomic E-state index is -0.248. The lowest BCUT2D eigenvalue weighted by Gasteiger charge is -2.07. The fourth-order valence-corrected chi connectivity index (χ4v) is 2.22. The minimum absolute atomic E-state index is 0.248. The summed E-state index contributed by atoms with van der Waals surface area (Å²) in [6.07, 6.45) is 0. The van der Waals surface area contributed by atoms with Gasteiger partial charge in [0.05, 0.1) is 0 Å². The molecule has 0 unspecified atom stereocenters.